The SMILES string of the molecule is CC(C)(C)c1cc(Oc2[c-]c3c(cc2)c2ccccc2n3-c2cc(C(C)(C)C)ccn2)[c-]c(N2[CH-]N(c3c(-c4cc(C(C)(C)C)cc(C(C)(C)C)c4)cc(-c4ccccc4)cc3-c3c(F)c(F)c(F)c(F)c3F)c3ccccc32)c1.[Pt]. The van der Waals surface area contributed by atoms with Crippen molar-refractivity contribution in [3.05, 3.63) is 222 Å². The molecule has 0 atom stereocenters. The van der Waals surface area contributed by atoms with Crippen LogP contribution in [0.1, 0.15) is 105 Å². The normalized spacial score (nSPS) is 13.0. The summed E-state index contributed by atoms with van der Waals surface area (Å²) in [6, 6.07) is 53.9. The van der Waals surface area contributed by atoms with Gasteiger partial charge in [-0.05, 0) is 103 Å². The van der Waals surface area contributed by atoms with Gasteiger partial charge in [-0.25, -0.2) is 26.9 Å². The summed E-state index contributed by atoms with van der Waals surface area (Å²) in [7, 11) is 0. The Balaban J connectivity index is 0.00000736. The molecule has 3 heterocycles. The molecule has 0 bridgehead atoms. The third-order valence-corrected chi connectivity index (χ3v) is 15.1. The van der Waals surface area contributed by atoms with Crippen LogP contribution in [0.15, 0.2) is 152 Å². The molecule has 0 saturated heterocycles. The van der Waals surface area contributed by atoms with Gasteiger partial charge in [-0.1, -0.05) is 167 Å². The third-order valence-electron chi connectivity index (χ3n) is 15.1. The molecule has 10 aromatic rings. The van der Waals surface area contributed by atoms with E-state index in [-0.39, 0.29) is 48.6 Å². The van der Waals surface area contributed by atoms with Crippen molar-refractivity contribution in [3.8, 4) is 50.7 Å². The molecule has 0 aliphatic carbocycles. The molecule has 1 aliphatic heterocycles. The van der Waals surface area contributed by atoms with Crippen molar-refractivity contribution in [2.45, 2.75) is 105 Å². The Morgan fingerprint density at radius 1 is 0.457 bits per heavy atom. The van der Waals surface area contributed by atoms with Gasteiger partial charge in [-0.2, -0.15) is 6.07 Å². The van der Waals surface area contributed by atoms with E-state index in [0.717, 1.165) is 49.9 Å². The average Bonchev–Trinajstić information content (AvgIpc) is 4.21. The Morgan fingerprint density at radius 3 is 1.64 bits per heavy atom. The van der Waals surface area contributed by atoms with E-state index in [2.05, 4.69) is 136 Å². The van der Waals surface area contributed by atoms with Crippen LogP contribution in [0.2, 0.25) is 0 Å². The number of ether oxygens (including phenoxy) is 1. The van der Waals surface area contributed by atoms with Crippen LogP contribution < -0.4 is 14.5 Å². The monoisotopic (exact) mass is 1260 g/mol. The number of fused-ring (bicyclic) bond motifs is 4. The summed E-state index contributed by atoms with van der Waals surface area (Å²) in [6.07, 6.45) is 1.84. The number of hydrogen-bond acceptors (Lipinski definition) is 4. The van der Waals surface area contributed by atoms with Gasteiger partial charge >= 0.3 is 0 Å². The smallest absolute Gasteiger partial charge is 0.200 e. The van der Waals surface area contributed by atoms with Crippen LogP contribution in [0.3, 0.4) is 0 Å². The summed E-state index contributed by atoms with van der Waals surface area (Å²) >= 11 is 0. The minimum absolute atomic E-state index is 0. The number of benzene rings is 8. The molecule has 0 fully saturated rings. The predicted molar refractivity (Wildman–Crippen MR) is 315 cm³/mol. The Morgan fingerprint density at radius 2 is 1.01 bits per heavy atom. The fraction of sp³-hybridized carbons (Fsp3) is 0.229. The van der Waals surface area contributed by atoms with E-state index in [1.165, 1.54) is 6.07 Å². The van der Waals surface area contributed by atoms with E-state index < -0.39 is 40.1 Å². The van der Waals surface area contributed by atoms with Crippen LogP contribution in [-0.4, -0.2) is 9.55 Å². The van der Waals surface area contributed by atoms with Crippen molar-refractivity contribution in [1.82, 2.24) is 9.55 Å². The second-order valence-electron chi connectivity index (χ2n) is 24.9. The number of anilines is 4. The predicted octanol–water partition coefficient (Wildman–Crippen LogP) is 19.9. The number of pyridine rings is 1. The van der Waals surface area contributed by atoms with Crippen LogP contribution in [0.5, 0.6) is 11.5 Å². The maximum Gasteiger partial charge on any atom is 0.200 e. The molecule has 5 nitrogen and oxygen atoms in total. The minimum atomic E-state index is -2.24. The Labute approximate surface area is 486 Å². The number of halogens is 5. The second kappa shape index (κ2) is 20.8. The Hall–Kier alpha value is -7.55. The summed E-state index contributed by atoms with van der Waals surface area (Å²) in [5, 5.41) is 2.02. The van der Waals surface area contributed by atoms with E-state index in [9.17, 15) is 0 Å². The number of nitrogens with zero attached hydrogens (tertiary/aromatic N) is 4. The summed E-state index contributed by atoms with van der Waals surface area (Å²) in [6.45, 7) is 27.3. The van der Waals surface area contributed by atoms with Gasteiger partial charge in [0.15, 0.2) is 23.3 Å². The molecule has 81 heavy (non-hydrogen) atoms. The maximum absolute atomic E-state index is 16.8. The van der Waals surface area contributed by atoms with E-state index >= 15 is 22.0 Å². The van der Waals surface area contributed by atoms with Crippen LogP contribution in [-0.2, 0) is 42.7 Å². The minimum Gasteiger partial charge on any atom is -0.509 e. The van der Waals surface area contributed by atoms with Gasteiger partial charge in [0.25, 0.3) is 0 Å². The zero-order chi connectivity index (χ0) is 57.0. The fourth-order valence-electron chi connectivity index (χ4n) is 10.5. The van der Waals surface area contributed by atoms with Crippen molar-refractivity contribution in [2.24, 2.45) is 0 Å². The first-order chi connectivity index (χ1) is 37.8. The van der Waals surface area contributed by atoms with Gasteiger partial charge in [0.05, 0.1) is 5.56 Å². The van der Waals surface area contributed by atoms with Gasteiger partial charge in [-0.3, -0.25) is 0 Å². The molecular formula is C70H62F5N4OPt-3. The van der Waals surface area contributed by atoms with Gasteiger partial charge in [0.1, 0.15) is 5.82 Å². The first-order valence-corrected chi connectivity index (χ1v) is 26.9. The van der Waals surface area contributed by atoms with Crippen LogP contribution in [0.25, 0.3) is 61.0 Å². The zero-order valence-electron chi connectivity index (χ0n) is 47.4. The number of para-hydroxylation sites is 3. The average molecular weight is 1270 g/mol. The first kappa shape index (κ1) is 56.7. The Bertz CT molecular complexity index is 4020. The fourth-order valence-corrected chi connectivity index (χ4v) is 10.5. The Kier molecular flexibility index (Phi) is 14.5. The van der Waals surface area contributed by atoms with Crippen molar-refractivity contribution < 1.29 is 47.8 Å². The van der Waals surface area contributed by atoms with E-state index in [4.69, 9.17) is 9.72 Å². The molecular weight excluding hydrogens is 1200 g/mol. The van der Waals surface area contributed by atoms with Gasteiger partial charge < -0.3 is 19.1 Å². The molecule has 11 heteroatoms. The van der Waals surface area contributed by atoms with Crippen molar-refractivity contribution in [3.63, 3.8) is 0 Å². The standard InChI is InChI=1S/C70H62F5N4O.Pt/c1-67(2,3)44-28-29-76-59(37-44)79-55-23-17-16-22-51(55)52-27-26-49(39-58(52)79)80-50-36-47(70(10,11)12)35-48(38-50)77-40-78(57-25-19-18-24-56(57)77)66-53(43-30-45(68(4,5)6)34-46(31-43)69(7,8)9)32-42(41-20-14-13-15-21-41)33-54(66)60-61(71)63(73)65(75)64(74)62(60)72;/h13-37,40H,1-12H3;/q-3;. The largest absolute Gasteiger partial charge is 0.509 e. The molecule has 0 radical (unpaired) electrons. The van der Waals surface area contributed by atoms with Gasteiger partial charge in [0, 0.05) is 72.5 Å². The first-order valence-electron chi connectivity index (χ1n) is 26.9. The second-order valence-corrected chi connectivity index (χ2v) is 24.9. The molecule has 8 aromatic carbocycles. The summed E-state index contributed by atoms with van der Waals surface area (Å²) in [4.78, 5) is 8.56. The molecule has 2 aromatic heterocycles. The van der Waals surface area contributed by atoms with Crippen LogP contribution in [0.4, 0.5) is 44.7 Å². The zero-order valence-corrected chi connectivity index (χ0v) is 49.7. The molecule has 0 unspecified atom stereocenters. The van der Waals surface area contributed by atoms with Crippen molar-refractivity contribution in [1.29, 1.82) is 0 Å². The molecule has 0 amide bonds. The number of aromatic nitrogens is 2. The van der Waals surface area contributed by atoms with Crippen LogP contribution in [0, 0.1) is 47.9 Å². The maximum atomic E-state index is 16.8. The molecule has 0 saturated carbocycles. The molecule has 416 valence electrons. The van der Waals surface area contributed by atoms with E-state index in [0.29, 0.717) is 50.8 Å². The molecule has 0 N–H and O–H groups in total. The van der Waals surface area contributed by atoms with Gasteiger partial charge in [-0.15, -0.1) is 53.6 Å². The summed E-state index contributed by atoms with van der Waals surface area (Å²) in [5.41, 5.74) is 7.64. The van der Waals surface area contributed by atoms with Crippen LogP contribution >= 0.6 is 0 Å². The third kappa shape index (κ3) is 10.5. The molecule has 1 aliphatic rings. The molecule has 0 spiro atoms. The summed E-state index contributed by atoms with van der Waals surface area (Å²) < 4.78 is 89.1. The van der Waals surface area contributed by atoms with E-state index in [1.54, 1.807) is 11.6 Å². The van der Waals surface area contributed by atoms with E-state index in [1.807, 2.05) is 114 Å². The van der Waals surface area contributed by atoms with Gasteiger partial charge in [0.2, 0.25) is 5.82 Å². The molecule has 11 rings (SSSR count). The summed E-state index contributed by atoms with van der Waals surface area (Å²) in [5.74, 6) is -8.62. The van der Waals surface area contributed by atoms with Crippen molar-refractivity contribution in [2.75, 3.05) is 9.80 Å². The van der Waals surface area contributed by atoms with Crippen molar-refractivity contribution >= 4 is 44.6 Å². The topological polar surface area (TPSA) is 33.5 Å². The number of rotatable bonds is 8. The quantitative estimate of drug-likeness (QED) is 0.0657. The number of hydrogen-bond donors (Lipinski definition) is 0.